The van der Waals surface area contributed by atoms with Crippen molar-refractivity contribution in [3.8, 4) is 5.75 Å². The molecule has 0 radical (unpaired) electrons. The lowest BCUT2D eigenvalue weighted by atomic mass is 10.0. The van der Waals surface area contributed by atoms with Crippen molar-refractivity contribution in [2.75, 3.05) is 26.2 Å². The Morgan fingerprint density at radius 2 is 2.14 bits per heavy atom. The van der Waals surface area contributed by atoms with E-state index in [4.69, 9.17) is 4.74 Å². The summed E-state index contributed by atoms with van der Waals surface area (Å²) >= 11 is 0. The topological polar surface area (TPSA) is 45.7 Å². The quantitative estimate of drug-likeness (QED) is 0.834. The molecule has 0 saturated carbocycles. The number of pyridine rings is 1. The monoisotopic (exact) mass is 303 g/mol. The van der Waals surface area contributed by atoms with Crippen LogP contribution in [0.25, 0.3) is 0 Å². The first kappa shape index (κ1) is 15.3. The van der Waals surface area contributed by atoms with Crippen LogP contribution in [-0.2, 0) is 4.79 Å². The summed E-state index contributed by atoms with van der Waals surface area (Å²) in [5.74, 6) is 0.761. The van der Waals surface area contributed by atoms with Crippen LogP contribution in [0.2, 0.25) is 0 Å². The van der Waals surface area contributed by atoms with Gasteiger partial charge in [0.15, 0.2) is 6.61 Å². The van der Waals surface area contributed by atoms with Crippen LogP contribution in [0.5, 0.6) is 5.75 Å². The van der Waals surface area contributed by atoms with Gasteiger partial charge in [-0.2, -0.15) is 0 Å². The number of carbonyl (C=O) groups is 1. The zero-order valence-corrected chi connectivity index (χ0v) is 13.3. The molecule has 2 atom stereocenters. The number of likely N-dealkylation sites (N-methyl/N-ethyl adjacent to an activating group) is 1. The number of ether oxygens (including phenoxy) is 1. The number of rotatable bonds is 5. The van der Waals surface area contributed by atoms with Crippen LogP contribution in [0, 0.1) is 0 Å². The largest absolute Gasteiger partial charge is 0.482 e. The summed E-state index contributed by atoms with van der Waals surface area (Å²) in [7, 11) is 0. The smallest absolute Gasteiger partial charge is 0.260 e. The van der Waals surface area contributed by atoms with E-state index in [1.165, 1.54) is 19.4 Å². The minimum absolute atomic E-state index is 0.106. The minimum Gasteiger partial charge on any atom is -0.482 e. The molecule has 0 spiro atoms. The van der Waals surface area contributed by atoms with Gasteiger partial charge in [0.05, 0.1) is 6.20 Å². The lowest BCUT2D eigenvalue weighted by Crippen LogP contribution is -2.49. The standard InChI is InChI=1S/C17H25N3O2/c1-2-19-10-4-7-15(19)16-8-5-11-20(16)17(21)13-22-14-6-3-9-18-12-14/h3,6,9,12,15-16H,2,4-5,7-8,10-11,13H2,1H3/t15-,16+/m1/s1. The van der Waals surface area contributed by atoms with Gasteiger partial charge in [0, 0.05) is 24.8 Å². The van der Waals surface area contributed by atoms with Crippen molar-refractivity contribution in [1.82, 2.24) is 14.8 Å². The Morgan fingerprint density at radius 1 is 1.32 bits per heavy atom. The van der Waals surface area contributed by atoms with E-state index in [1.807, 2.05) is 12.1 Å². The lowest BCUT2D eigenvalue weighted by molar-refractivity contribution is -0.135. The van der Waals surface area contributed by atoms with Gasteiger partial charge in [-0.1, -0.05) is 6.92 Å². The van der Waals surface area contributed by atoms with Gasteiger partial charge in [-0.3, -0.25) is 14.7 Å². The molecule has 5 heteroatoms. The van der Waals surface area contributed by atoms with Crippen LogP contribution in [0.3, 0.4) is 0 Å². The van der Waals surface area contributed by atoms with Crippen molar-refractivity contribution in [1.29, 1.82) is 0 Å². The second kappa shape index (κ2) is 7.09. The SMILES string of the molecule is CCN1CCC[C@@H]1[C@@H]1CCCN1C(=O)COc1cccnc1. The predicted octanol–water partition coefficient (Wildman–Crippen LogP) is 1.94. The first-order chi connectivity index (χ1) is 10.8. The zero-order chi connectivity index (χ0) is 15.4. The van der Waals surface area contributed by atoms with E-state index in [0.717, 1.165) is 25.9 Å². The summed E-state index contributed by atoms with van der Waals surface area (Å²) in [6, 6.07) is 4.55. The molecule has 1 amide bonds. The molecule has 3 rings (SSSR count). The van der Waals surface area contributed by atoms with Crippen LogP contribution in [0.1, 0.15) is 32.6 Å². The third kappa shape index (κ3) is 3.24. The second-order valence-electron chi connectivity index (χ2n) is 6.11. The highest BCUT2D eigenvalue weighted by molar-refractivity contribution is 5.78. The van der Waals surface area contributed by atoms with E-state index in [-0.39, 0.29) is 12.5 Å². The van der Waals surface area contributed by atoms with Gasteiger partial charge in [-0.05, 0) is 50.9 Å². The van der Waals surface area contributed by atoms with Gasteiger partial charge in [-0.15, -0.1) is 0 Å². The van der Waals surface area contributed by atoms with E-state index < -0.39 is 0 Å². The Balaban J connectivity index is 1.59. The predicted molar refractivity (Wildman–Crippen MR) is 84.7 cm³/mol. The normalized spacial score (nSPS) is 25.6. The number of likely N-dealkylation sites (tertiary alicyclic amines) is 2. The Hall–Kier alpha value is -1.62. The Morgan fingerprint density at radius 3 is 2.91 bits per heavy atom. The third-order valence-corrected chi connectivity index (χ3v) is 4.88. The van der Waals surface area contributed by atoms with Crippen LogP contribution < -0.4 is 4.74 Å². The van der Waals surface area contributed by atoms with E-state index in [2.05, 4.69) is 21.7 Å². The van der Waals surface area contributed by atoms with Crippen molar-refractivity contribution in [2.24, 2.45) is 0 Å². The molecule has 22 heavy (non-hydrogen) atoms. The van der Waals surface area contributed by atoms with Crippen LogP contribution >= 0.6 is 0 Å². The molecule has 0 unspecified atom stereocenters. The molecule has 0 aliphatic carbocycles. The molecule has 2 saturated heterocycles. The Kier molecular flexibility index (Phi) is 4.93. The van der Waals surface area contributed by atoms with Gasteiger partial charge < -0.3 is 9.64 Å². The van der Waals surface area contributed by atoms with E-state index in [1.54, 1.807) is 12.4 Å². The fourth-order valence-electron chi connectivity index (χ4n) is 3.84. The molecular formula is C17H25N3O2. The van der Waals surface area contributed by atoms with Gasteiger partial charge >= 0.3 is 0 Å². The van der Waals surface area contributed by atoms with E-state index in [9.17, 15) is 4.79 Å². The summed E-state index contributed by atoms with van der Waals surface area (Å²) < 4.78 is 5.58. The van der Waals surface area contributed by atoms with Gasteiger partial charge in [-0.25, -0.2) is 0 Å². The molecule has 1 aromatic rings. The molecule has 2 aliphatic rings. The summed E-state index contributed by atoms with van der Waals surface area (Å²) in [4.78, 5) is 21.1. The van der Waals surface area contributed by atoms with Crippen LogP contribution in [0.15, 0.2) is 24.5 Å². The van der Waals surface area contributed by atoms with Gasteiger partial charge in [0.25, 0.3) is 5.91 Å². The molecule has 2 fully saturated rings. The van der Waals surface area contributed by atoms with Crippen molar-refractivity contribution in [2.45, 2.75) is 44.7 Å². The average molecular weight is 303 g/mol. The highest BCUT2D eigenvalue weighted by atomic mass is 16.5. The van der Waals surface area contributed by atoms with Crippen LogP contribution in [0.4, 0.5) is 0 Å². The Labute approximate surface area is 132 Å². The summed E-state index contributed by atoms with van der Waals surface area (Å²) in [5.41, 5.74) is 0. The summed E-state index contributed by atoms with van der Waals surface area (Å²) in [5, 5.41) is 0. The average Bonchev–Trinajstić information content (AvgIpc) is 3.21. The van der Waals surface area contributed by atoms with Crippen molar-refractivity contribution in [3.63, 3.8) is 0 Å². The summed E-state index contributed by atoms with van der Waals surface area (Å²) in [6.07, 6.45) is 8.04. The maximum absolute atomic E-state index is 12.5. The van der Waals surface area contributed by atoms with E-state index in [0.29, 0.717) is 17.8 Å². The molecule has 2 aliphatic heterocycles. The highest BCUT2D eigenvalue weighted by Gasteiger charge is 2.39. The maximum Gasteiger partial charge on any atom is 0.260 e. The maximum atomic E-state index is 12.5. The van der Waals surface area contributed by atoms with Crippen molar-refractivity contribution < 1.29 is 9.53 Å². The number of nitrogens with zero attached hydrogens (tertiary/aromatic N) is 3. The number of hydrogen-bond acceptors (Lipinski definition) is 4. The Bertz CT molecular complexity index is 494. The number of hydrogen-bond donors (Lipinski definition) is 0. The third-order valence-electron chi connectivity index (χ3n) is 4.88. The first-order valence-corrected chi connectivity index (χ1v) is 8.36. The van der Waals surface area contributed by atoms with E-state index >= 15 is 0 Å². The lowest BCUT2D eigenvalue weighted by Gasteiger charge is -2.34. The molecule has 0 bridgehead atoms. The fourth-order valence-corrected chi connectivity index (χ4v) is 3.84. The van der Waals surface area contributed by atoms with Gasteiger partial charge in [0.2, 0.25) is 0 Å². The molecule has 120 valence electrons. The number of aromatic nitrogens is 1. The molecule has 3 heterocycles. The number of carbonyl (C=O) groups excluding carboxylic acids is 1. The van der Waals surface area contributed by atoms with Crippen molar-refractivity contribution in [3.05, 3.63) is 24.5 Å². The molecule has 0 N–H and O–H groups in total. The molecule has 1 aromatic heterocycles. The second-order valence-corrected chi connectivity index (χ2v) is 6.11. The van der Waals surface area contributed by atoms with Gasteiger partial charge in [0.1, 0.15) is 5.75 Å². The zero-order valence-electron chi connectivity index (χ0n) is 13.3. The molecule has 5 nitrogen and oxygen atoms in total. The van der Waals surface area contributed by atoms with Crippen LogP contribution in [-0.4, -0.2) is 59.0 Å². The highest BCUT2D eigenvalue weighted by Crippen LogP contribution is 2.29. The molecular weight excluding hydrogens is 278 g/mol. The molecule has 0 aromatic carbocycles. The number of amides is 1. The fraction of sp³-hybridized carbons (Fsp3) is 0.647. The first-order valence-electron chi connectivity index (χ1n) is 8.36. The minimum atomic E-state index is 0.106. The summed E-state index contributed by atoms with van der Waals surface area (Å²) in [6.45, 7) is 5.45. The van der Waals surface area contributed by atoms with Crippen molar-refractivity contribution >= 4 is 5.91 Å².